The number of rotatable bonds is 10. The first-order valence-corrected chi connectivity index (χ1v) is 12.4. The molecule has 2 amide bonds. The van der Waals surface area contributed by atoms with Gasteiger partial charge in [0.15, 0.2) is 5.16 Å². The van der Waals surface area contributed by atoms with Gasteiger partial charge in [0.05, 0.1) is 5.75 Å². The van der Waals surface area contributed by atoms with E-state index >= 15 is 0 Å². The molecular weight excluding hydrogens is 424 g/mol. The van der Waals surface area contributed by atoms with E-state index in [1.165, 1.54) is 43.1 Å². The largest absolute Gasteiger partial charge is 0.372 e. The van der Waals surface area contributed by atoms with Crippen molar-refractivity contribution in [3.8, 4) is 0 Å². The first kappa shape index (κ1) is 24.1. The molecule has 1 aliphatic heterocycles. The molecule has 0 aliphatic carbocycles. The van der Waals surface area contributed by atoms with E-state index in [4.69, 9.17) is 5.73 Å². The van der Waals surface area contributed by atoms with Gasteiger partial charge < -0.3 is 20.5 Å². The summed E-state index contributed by atoms with van der Waals surface area (Å²) in [5.74, 6) is 0.897. The third kappa shape index (κ3) is 7.25. The molecular formula is C23H34N6O2S. The maximum absolute atomic E-state index is 12.5. The van der Waals surface area contributed by atoms with Crippen LogP contribution in [0.1, 0.15) is 51.8 Å². The molecule has 0 atom stereocenters. The molecule has 0 spiro atoms. The molecule has 1 saturated heterocycles. The molecule has 2 heterocycles. The minimum absolute atomic E-state index is 0.0877. The van der Waals surface area contributed by atoms with E-state index in [2.05, 4.69) is 46.4 Å². The quantitative estimate of drug-likeness (QED) is 0.528. The summed E-state index contributed by atoms with van der Waals surface area (Å²) in [6.45, 7) is 7.13. The average molecular weight is 459 g/mol. The highest BCUT2D eigenvalue weighted by atomic mass is 32.2. The molecule has 32 heavy (non-hydrogen) atoms. The van der Waals surface area contributed by atoms with Crippen LogP contribution in [0.2, 0.25) is 0 Å². The minimum Gasteiger partial charge on any atom is -0.372 e. The minimum atomic E-state index is -0.362. The monoisotopic (exact) mass is 458 g/mol. The number of nitrogens with one attached hydrogen (secondary N) is 1. The third-order valence-corrected chi connectivity index (χ3v) is 6.36. The Bertz CT molecular complexity index is 888. The Kier molecular flexibility index (Phi) is 8.96. The predicted octanol–water partition coefficient (Wildman–Crippen LogP) is 3.46. The van der Waals surface area contributed by atoms with Crippen molar-refractivity contribution in [2.24, 2.45) is 11.7 Å². The van der Waals surface area contributed by atoms with Crippen molar-refractivity contribution in [2.45, 2.75) is 64.1 Å². The number of nitrogens with zero attached hydrogens (tertiary/aromatic N) is 4. The van der Waals surface area contributed by atoms with Crippen LogP contribution in [0.3, 0.4) is 0 Å². The maximum atomic E-state index is 12.5. The lowest BCUT2D eigenvalue weighted by molar-refractivity contribution is -0.118. The number of amides is 2. The first-order valence-electron chi connectivity index (χ1n) is 11.4. The van der Waals surface area contributed by atoms with Crippen molar-refractivity contribution >= 4 is 35.0 Å². The number of hydrogen-bond donors (Lipinski definition) is 2. The molecule has 174 valence electrons. The standard InChI is InChI=1S/C23H34N6O2S/c1-17(2)15-29-21(12-11-20(24)30)26-27-23(29)32-16-22(31)25-18-7-9-19(10-8-18)28-13-5-3-4-6-14-28/h7-10,17H,3-6,11-16H2,1-2H3,(H2,24,30)(H,25,31). The van der Waals surface area contributed by atoms with Gasteiger partial charge in [0, 0.05) is 43.9 Å². The van der Waals surface area contributed by atoms with Gasteiger partial charge in [-0.05, 0) is 43.0 Å². The lowest BCUT2D eigenvalue weighted by Crippen LogP contribution is -2.23. The molecule has 1 aliphatic rings. The van der Waals surface area contributed by atoms with Crippen LogP contribution in [0, 0.1) is 5.92 Å². The summed E-state index contributed by atoms with van der Waals surface area (Å²) in [5.41, 5.74) is 7.28. The van der Waals surface area contributed by atoms with Crippen LogP contribution in [-0.4, -0.2) is 45.4 Å². The molecule has 8 nitrogen and oxygen atoms in total. The van der Waals surface area contributed by atoms with E-state index in [9.17, 15) is 9.59 Å². The van der Waals surface area contributed by atoms with Crippen LogP contribution < -0.4 is 16.0 Å². The van der Waals surface area contributed by atoms with Gasteiger partial charge in [-0.25, -0.2) is 0 Å². The van der Waals surface area contributed by atoms with Gasteiger partial charge in [-0.1, -0.05) is 38.5 Å². The summed E-state index contributed by atoms with van der Waals surface area (Å²) in [4.78, 5) is 26.1. The molecule has 9 heteroatoms. The fraction of sp³-hybridized carbons (Fsp3) is 0.565. The first-order chi connectivity index (χ1) is 15.4. The van der Waals surface area contributed by atoms with Crippen LogP contribution in [0.4, 0.5) is 11.4 Å². The van der Waals surface area contributed by atoms with Crippen molar-refractivity contribution in [3.05, 3.63) is 30.1 Å². The second-order valence-corrected chi connectivity index (χ2v) is 9.60. The van der Waals surface area contributed by atoms with Crippen LogP contribution in [0.5, 0.6) is 0 Å². The molecule has 1 fully saturated rings. The summed E-state index contributed by atoms with van der Waals surface area (Å²) in [7, 11) is 0. The van der Waals surface area contributed by atoms with Crippen LogP contribution in [-0.2, 0) is 22.6 Å². The van der Waals surface area contributed by atoms with Crippen LogP contribution in [0.25, 0.3) is 0 Å². The zero-order chi connectivity index (χ0) is 22.9. The van der Waals surface area contributed by atoms with Gasteiger partial charge in [0.1, 0.15) is 5.82 Å². The Morgan fingerprint density at radius 2 is 1.78 bits per heavy atom. The molecule has 0 bridgehead atoms. The summed E-state index contributed by atoms with van der Waals surface area (Å²) in [5, 5.41) is 12.1. The topological polar surface area (TPSA) is 106 Å². The molecule has 2 aromatic rings. The van der Waals surface area contributed by atoms with Gasteiger partial charge in [0.2, 0.25) is 11.8 Å². The number of anilines is 2. The van der Waals surface area contributed by atoms with Gasteiger partial charge in [-0.3, -0.25) is 9.59 Å². The van der Waals surface area contributed by atoms with Crippen LogP contribution >= 0.6 is 11.8 Å². The number of benzene rings is 1. The zero-order valence-electron chi connectivity index (χ0n) is 19.0. The van der Waals surface area contributed by atoms with Crippen molar-refractivity contribution in [3.63, 3.8) is 0 Å². The highest BCUT2D eigenvalue weighted by molar-refractivity contribution is 7.99. The van der Waals surface area contributed by atoms with Crippen molar-refractivity contribution in [1.29, 1.82) is 0 Å². The number of carbonyl (C=O) groups excluding carboxylic acids is 2. The fourth-order valence-electron chi connectivity index (χ4n) is 3.81. The Labute approximate surface area is 194 Å². The molecule has 1 aromatic carbocycles. The number of aryl methyl sites for hydroxylation is 1. The van der Waals surface area contributed by atoms with E-state index < -0.39 is 0 Å². The summed E-state index contributed by atoms with van der Waals surface area (Å²) in [6, 6.07) is 8.09. The third-order valence-electron chi connectivity index (χ3n) is 5.39. The molecule has 3 N–H and O–H groups in total. The molecule has 0 saturated carbocycles. The Balaban J connectivity index is 1.55. The predicted molar refractivity (Wildman–Crippen MR) is 129 cm³/mol. The molecule has 0 radical (unpaired) electrons. The molecule has 0 unspecified atom stereocenters. The van der Waals surface area contributed by atoms with Crippen molar-refractivity contribution in [1.82, 2.24) is 14.8 Å². The lowest BCUT2D eigenvalue weighted by atomic mass is 10.2. The van der Waals surface area contributed by atoms with Crippen molar-refractivity contribution < 1.29 is 9.59 Å². The van der Waals surface area contributed by atoms with Crippen molar-refractivity contribution in [2.75, 3.05) is 29.1 Å². The summed E-state index contributed by atoms with van der Waals surface area (Å²) >= 11 is 1.35. The van der Waals surface area contributed by atoms with E-state index in [0.29, 0.717) is 17.5 Å². The van der Waals surface area contributed by atoms with E-state index in [1.54, 1.807) is 0 Å². The average Bonchev–Trinajstić information content (AvgIpc) is 2.94. The number of hydrogen-bond acceptors (Lipinski definition) is 6. The van der Waals surface area contributed by atoms with Gasteiger partial charge in [0.25, 0.3) is 0 Å². The van der Waals surface area contributed by atoms with E-state index in [0.717, 1.165) is 31.1 Å². The second-order valence-electron chi connectivity index (χ2n) is 8.65. The zero-order valence-corrected chi connectivity index (χ0v) is 19.9. The summed E-state index contributed by atoms with van der Waals surface area (Å²) in [6.07, 6.45) is 5.77. The number of aromatic nitrogens is 3. The number of primary amides is 1. The maximum Gasteiger partial charge on any atom is 0.234 e. The molecule has 1 aromatic heterocycles. The number of nitrogens with two attached hydrogens (primary N) is 1. The Morgan fingerprint density at radius 3 is 2.41 bits per heavy atom. The van der Waals surface area contributed by atoms with Gasteiger partial charge in [-0.2, -0.15) is 0 Å². The summed E-state index contributed by atoms with van der Waals surface area (Å²) < 4.78 is 1.99. The SMILES string of the molecule is CC(C)Cn1c(CCC(N)=O)nnc1SCC(=O)Nc1ccc(N2CCCCCC2)cc1. The second kappa shape index (κ2) is 11.9. The smallest absolute Gasteiger partial charge is 0.234 e. The van der Waals surface area contributed by atoms with E-state index in [-0.39, 0.29) is 24.0 Å². The van der Waals surface area contributed by atoms with Gasteiger partial charge in [-0.15, -0.1) is 10.2 Å². The highest BCUT2D eigenvalue weighted by Crippen LogP contribution is 2.23. The molecule has 3 rings (SSSR count). The Hall–Kier alpha value is -2.55. The van der Waals surface area contributed by atoms with Gasteiger partial charge >= 0.3 is 0 Å². The number of carbonyl (C=O) groups is 2. The lowest BCUT2D eigenvalue weighted by Gasteiger charge is -2.22. The Morgan fingerprint density at radius 1 is 1.09 bits per heavy atom. The normalized spacial score (nSPS) is 14.4. The number of thioether (sulfide) groups is 1. The van der Waals surface area contributed by atoms with Crippen LogP contribution in [0.15, 0.2) is 29.4 Å². The fourth-order valence-corrected chi connectivity index (χ4v) is 4.57. The highest BCUT2D eigenvalue weighted by Gasteiger charge is 2.16. The van der Waals surface area contributed by atoms with E-state index in [1.807, 2.05) is 16.7 Å².